The van der Waals surface area contributed by atoms with Crippen LogP contribution in [0, 0.1) is 0 Å². The topological polar surface area (TPSA) is 92.4 Å². The molecule has 0 aliphatic heterocycles. The molecule has 0 fully saturated rings. The van der Waals surface area contributed by atoms with Crippen molar-refractivity contribution in [1.82, 2.24) is 5.32 Å². The Morgan fingerprint density at radius 2 is 1.95 bits per heavy atom. The van der Waals surface area contributed by atoms with E-state index in [-0.39, 0.29) is 0 Å². The third-order valence-electron chi connectivity index (χ3n) is 3.03. The molecule has 0 spiro atoms. The first-order valence-corrected chi connectivity index (χ1v) is 6.27. The molecule has 0 saturated heterocycles. The lowest BCUT2D eigenvalue weighted by Gasteiger charge is -2.26. The van der Waals surface area contributed by atoms with Crippen molar-refractivity contribution in [3.8, 4) is 0 Å². The van der Waals surface area contributed by atoms with Crippen molar-refractivity contribution in [2.75, 3.05) is 0 Å². The van der Waals surface area contributed by atoms with Gasteiger partial charge in [0, 0.05) is 0 Å². The van der Waals surface area contributed by atoms with Gasteiger partial charge in [-0.15, -0.1) is 0 Å². The maximum Gasteiger partial charge on any atom is 0.326 e. The molecular formula is C14H20N2O3. The van der Waals surface area contributed by atoms with E-state index in [9.17, 15) is 9.59 Å². The molecule has 0 bridgehead atoms. The van der Waals surface area contributed by atoms with E-state index in [1.807, 2.05) is 13.0 Å². The second kappa shape index (κ2) is 6.33. The molecular weight excluding hydrogens is 244 g/mol. The van der Waals surface area contributed by atoms with E-state index in [4.69, 9.17) is 10.8 Å². The number of aliphatic carboxylic acids is 1. The van der Waals surface area contributed by atoms with Gasteiger partial charge in [0.15, 0.2) is 0 Å². The monoisotopic (exact) mass is 264 g/mol. The van der Waals surface area contributed by atoms with E-state index in [1.165, 1.54) is 0 Å². The van der Waals surface area contributed by atoms with Crippen molar-refractivity contribution in [1.29, 1.82) is 0 Å². The first-order chi connectivity index (χ1) is 8.89. The Labute approximate surface area is 112 Å². The van der Waals surface area contributed by atoms with Crippen LogP contribution in [-0.4, -0.2) is 23.0 Å². The summed E-state index contributed by atoms with van der Waals surface area (Å²) in [6.45, 7) is 3.43. The highest BCUT2D eigenvalue weighted by Crippen LogP contribution is 2.17. The molecule has 1 aromatic rings. The van der Waals surface area contributed by atoms with E-state index in [0.717, 1.165) is 0 Å². The van der Waals surface area contributed by atoms with Crippen molar-refractivity contribution < 1.29 is 14.7 Å². The number of carboxylic acid groups (broad SMARTS) is 1. The Bertz CT molecular complexity index is 443. The molecule has 1 aromatic carbocycles. The fourth-order valence-corrected chi connectivity index (χ4v) is 1.77. The Kier molecular flexibility index (Phi) is 5.06. The maximum atomic E-state index is 12.2. The van der Waals surface area contributed by atoms with Crippen LogP contribution in [0.3, 0.4) is 0 Å². The fourth-order valence-electron chi connectivity index (χ4n) is 1.77. The van der Waals surface area contributed by atoms with Crippen LogP contribution in [0.2, 0.25) is 0 Å². The quantitative estimate of drug-likeness (QED) is 0.720. The summed E-state index contributed by atoms with van der Waals surface area (Å²) in [6.07, 6.45) is 1.05. The number of carboxylic acids is 1. The van der Waals surface area contributed by atoms with Crippen LogP contribution >= 0.6 is 0 Å². The molecule has 1 unspecified atom stereocenters. The number of nitrogens with one attached hydrogen (secondary N) is 1. The summed E-state index contributed by atoms with van der Waals surface area (Å²) in [7, 11) is 0. The maximum absolute atomic E-state index is 12.2. The average Bonchev–Trinajstić information content (AvgIpc) is 2.38. The van der Waals surface area contributed by atoms with Gasteiger partial charge < -0.3 is 16.2 Å². The van der Waals surface area contributed by atoms with Crippen LogP contribution in [0.5, 0.6) is 0 Å². The second-order valence-electron chi connectivity index (χ2n) is 4.72. The molecule has 0 aromatic heterocycles. The van der Waals surface area contributed by atoms with Gasteiger partial charge in [0.1, 0.15) is 11.6 Å². The highest BCUT2D eigenvalue weighted by molar-refractivity contribution is 5.90. The number of amides is 1. The lowest BCUT2D eigenvalue weighted by atomic mass is 9.92. The summed E-state index contributed by atoms with van der Waals surface area (Å²) < 4.78 is 0. The predicted octanol–water partition coefficient (Wildman–Crippen LogP) is 1.23. The molecule has 0 heterocycles. The first kappa shape index (κ1) is 15.2. The van der Waals surface area contributed by atoms with Crippen molar-refractivity contribution in [2.45, 2.75) is 38.3 Å². The minimum absolute atomic E-state index is 0.381. The molecule has 2 atom stereocenters. The summed E-state index contributed by atoms with van der Waals surface area (Å²) in [6, 6.07) is 7.99. The molecule has 0 aliphatic carbocycles. The van der Waals surface area contributed by atoms with E-state index < -0.39 is 23.5 Å². The standard InChI is InChI=1S/C14H20N2O3/c1-3-7-11(12(17)18)16-13(19)14(2,15)10-8-5-4-6-9-10/h4-6,8-9,11H,3,7,15H2,1-2H3,(H,16,19)(H,17,18)/t11-,14?/m0/s1. The number of carbonyl (C=O) groups excluding carboxylic acids is 1. The van der Waals surface area contributed by atoms with E-state index in [0.29, 0.717) is 18.4 Å². The van der Waals surface area contributed by atoms with Gasteiger partial charge in [-0.3, -0.25) is 4.79 Å². The highest BCUT2D eigenvalue weighted by Gasteiger charge is 2.33. The van der Waals surface area contributed by atoms with E-state index in [2.05, 4.69) is 5.32 Å². The number of benzene rings is 1. The molecule has 19 heavy (non-hydrogen) atoms. The molecule has 0 radical (unpaired) electrons. The summed E-state index contributed by atoms with van der Waals surface area (Å²) in [5.41, 5.74) is 5.42. The minimum atomic E-state index is -1.25. The molecule has 1 amide bonds. The van der Waals surface area contributed by atoms with Crippen LogP contribution in [0.1, 0.15) is 32.3 Å². The SMILES string of the molecule is CCC[C@H](NC(=O)C(C)(N)c1ccccc1)C(=O)O. The van der Waals surface area contributed by atoms with Crippen molar-refractivity contribution in [2.24, 2.45) is 5.73 Å². The first-order valence-electron chi connectivity index (χ1n) is 6.27. The fraction of sp³-hybridized carbons (Fsp3) is 0.429. The molecule has 104 valence electrons. The van der Waals surface area contributed by atoms with Gasteiger partial charge in [-0.2, -0.15) is 0 Å². The number of rotatable bonds is 6. The van der Waals surface area contributed by atoms with Crippen LogP contribution in [0.25, 0.3) is 0 Å². The van der Waals surface area contributed by atoms with Gasteiger partial charge in [0.05, 0.1) is 0 Å². The number of hydrogen-bond donors (Lipinski definition) is 3. The minimum Gasteiger partial charge on any atom is -0.480 e. The Morgan fingerprint density at radius 1 is 1.37 bits per heavy atom. The van der Waals surface area contributed by atoms with Gasteiger partial charge in [0.25, 0.3) is 0 Å². The van der Waals surface area contributed by atoms with Crippen molar-refractivity contribution >= 4 is 11.9 Å². The Balaban J connectivity index is 2.84. The zero-order valence-corrected chi connectivity index (χ0v) is 11.2. The van der Waals surface area contributed by atoms with Gasteiger partial charge in [0.2, 0.25) is 5.91 Å². The molecule has 0 aliphatic rings. The predicted molar refractivity (Wildman–Crippen MR) is 72.5 cm³/mol. The Hall–Kier alpha value is -1.88. The van der Waals surface area contributed by atoms with Crippen LogP contribution in [0.4, 0.5) is 0 Å². The van der Waals surface area contributed by atoms with Gasteiger partial charge in [-0.05, 0) is 18.9 Å². The zero-order chi connectivity index (χ0) is 14.5. The highest BCUT2D eigenvalue weighted by atomic mass is 16.4. The Morgan fingerprint density at radius 3 is 2.42 bits per heavy atom. The van der Waals surface area contributed by atoms with Gasteiger partial charge >= 0.3 is 5.97 Å². The van der Waals surface area contributed by atoms with Crippen LogP contribution in [-0.2, 0) is 15.1 Å². The summed E-state index contributed by atoms with van der Waals surface area (Å²) in [4.78, 5) is 23.2. The van der Waals surface area contributed by atoms with Crippen LogP contribution < -0.4 is 11.1 Å². The molecule has 4 N–H and O–H groups in total. The molecule has 1 rings (SSSR count). The van der Waals surface area contributed by atoms with Crippen molar-refractivity contribution in [3.63, 3.8) is 0 Å². The zero-order valence-electron chi connectivity index (χ0n) is 11.2. The second-order valence-corrected chi connectivity index (χ2v) is 4.72. The summed E-state index contributed by atoms with van der Waals surface area (Å²) in [5.74, 6) is -1.53. The van der Waals surface area contributed by atoms with Crippen LogP contribution in [0.15, 0.2) is 30.3 Å². The van der Waals surface area contributed by atoms with Crippen molar-refractivity contribution in [3.05, 3.63) is 35.9 Å². The third-order valence-corrected chi connectivity index (χ3v) is 3.03. The summed E-state index contributed by atoms with van der Waals surface area (Å²) in [5, 5.41) is 11.5. The van der Waals surface area contributed by atoms with E-state index >= 15 is 0 Å². The summed E-state index contributed by atoms with van der Waals surface area (Å²) >= 11 is 0. The van der Waals surface area contributed by atoms with E-state index in [1.54, 1.807) is 31.2 Å². The number of carbonyl (C=O) groups is 2. The average molecular weight is 264 g/mol. The lowest BCUT2D eigenvalue weighted by molar-refractivity contribution is -0.142. The third kappa shape index (κ3) is 3.79. The van der Waals surface area contributed by atoms with Gasteiger partial charge in [-0.1, -0.05) is 43.7 Å². The smallest absolute Gasteiger partial charge is 0.326 e. The molecule has 0 saturated carbocycles. The normalized spacial score (nSPS) is 15.3. The van der Waals surface area contributed by atoms with Gasteiger partial charge in [-0.25, -0.2) is 4.79 Å². The largest absolute Gasteiger partial charge is 0.480 e. The number of hydrogen-bond acceptors (Lipinski definition) is 3. The molecule has 5 nitrogen and oxygen atoms in total. The number of nitrogens with two attached hydrogens (primary N) is 1. The lowest BCUT2D eigenvalue weighted by Crippen LogP contribution is -2.53. The molecule has 5 heteroatoms.